The topological polar surface area (TPSA) is 78.9 Å². The molecule has 1 heterocycles. The fourth-order valence-corrected chi connectivity index (χ4v) is 3.58. The molecule has 3 N–H and O–H groups in total. The summed E-state index contributed by atoms with van der Waals surface area (Å²) in [6.45, 7) is 1.87. The lowest BCUT2D eigenvalue weighted by Crippen LogP contribution is -2.34. The molecule has 0 radical (unpaired) electrons. The zero-order valence-corrected chi connectivity index (χ0v) is 12.0. The molecule has 1 amide bonds. The van der Waals surface area contributed by atoms with Gasteiger partial charge in [-0.1, -0.05) is 13.3 Å². The molecule has 0 unspecified atom stereocenters. The van der Waals surface area contributed by atoms with Crippen molar-refractivity contribution in [2.24, 2.45) is 5.73 Å². The number of hydrogen-bond donors (Lipinski definition) is 2. The molecule has 0 aromatic carbocycles. The van der Waals surface area contributed by atoms with Gasteiger partial charge in [0.25, 0.3) is 0 Å². The molecule has 1 aromatic rings. The van der Waals surface area contributed by atoms with Crippen LogP contribution < -0.4 is 11.1 Å². The molecule has 0 saturated carbocycles. The van der Waals surface area contributed by atoms with Crippen molar-refractivity contribution in [1.82, 2.24) is 0 Å². The van der Waals surface area contributed by atoms with Crippen LogP contribution in [0.4, 0.5) is 5.00 Å². The van der Waals surface area contributed by atoms with E-state index in [0.717, 1.165) is 24.8 Å². The van der Waals surface area contributed by atoms with Crippen LogP contribution in [0.1, 0.15) is 48.6 Å². The van der Waals surface area contributed by atoms with Gasteiger partial charge in [-0.05, 0) is 37.7 Å². The predicted octanol–water partition coefficient (Wildman–Crippen LogP) is 2.56. The second-order valence-corrected chi connectivity index (χ2v) is 5.99. The molecule has 0 aliphatic heterocycles. The van der Waals surface area contributed by atoms with E-state index in [0.29, 0.717) is 17.0 Å². The molecule has 4 nitrogen and oxygen atoms in total. The molecule has 2 rings (SSSR count). The summed E-state index contributed by atoms with van der Waals surface area (Å²) >= 11 is 1.55. The van der Waals surface area contributed by atoms with Crippen LogP contribution >= 0.6 is 11.3 Å². The Balaban J connectivity index is 2.27. The molecular weight excluding hydrogens is 258 g/mol. The van der Waals surface area contributed by atoms with E-state index in [1.807, 2.05) is 6.92 Å². The highest BCUT2D eigenvalue weighted by molar-refractivity contribution is 7.16. The Morgan fingerprint density at radius 2 is 2.21 bits per heavy atom. The summed E-state index contributed by atoms with van der Waals surface area (Å²) in [7, 11) is 0. The van der Waals surface area contributed by atoms with Crippen LogP contribution in [0, 0.1) is 11.3 Å². The third-order valence-corrected chi connectivity index (χ3v) is 4.75. The maximum atomic E-state index is 11.9. The maximum Gasteiger partial charge on any atom is 0.241 e. The standard InChI is InChI=1S/C14H19N3OS/c1-2-11(16)13(18)17-14-10(8-15)9-6-4-3-5-7-12(9)19-14/h11H,2-7,16H2,1H3,(H,17,18)/t11-/m1/s1. The number of hydrogen-bond acceptors (Lipinski definition) is 4. The lowest BCUT2D eigenvalue weighted by Gasteiger charge is -2.08. The number of aryl methyl sites for hydroxylation is 1. The van der Waals surface area contributed by atoms with E-state index in [1.165, 1.54) is 17.7 Å². The van der Waals surface area contributed by atoms with Gasteiger partial charge in [0.05, 0.1) is 11.6 Å². The number of fused-ring (bicyclic) bond motifs is 1. The molecule has 5 heteroatoms. The van der Waals surface area contributed by atoms with Crippen molar-refractivity contribution in [3.05, 3.63) is 16.0 Å². The summed E-state index contributed by atoms with van der Waals surface area (Å²) in [5.74, 6) is -0.199. The minimum absolute atomic E-state index is 0.199. The van der Waals surface area contributed by atoms with Crippen molar-refractivity contribution in [2.45, 2.75) is 51.5 Å². The van der Waals surface area contributed by atoms with Gasteiger partial charge in [0, 0.05) is 4.88 Å². The number of carbonyl (C=O) groups excluding carboxylic acids is 1. The van der Waals surface area contributed by atoms with Crippen molar-refractivity contribution in [3.8, 4) is 6.07 Å². The predicted molar refractivity (Wildman–Crippen MR) is 77.2 cm³/mol. The molecule has 1 atom stereocenters. The van der Waals surface area contributed by atoms with E-state index in [9.17, 15) is 10.1 Å². The summed E-state index contributed by atoms with van der Waals surface area (Å²) < 4.78 is 0. The van der Waals surface area contributed by atoms with Crippen LogP contribution in [-0.4, -0.2) is 11.9 Å². The Labute approximate surface area is 117 Å². The molecule has 1 aliphatic rings. The molecule has 0 bridgehead atoms. The van der Waals surface area contributed by atoms with Gasteiger partial charge in [-0.25, -0.2) is 0 Å². The Bertz CT molecular complexity index is 515. The van der Waals surface area contributed by atoms with E-state index in [4.69, 9.17) is 5.73 Å². The van der Waals surface area contributed by atoms with Crippen LogP contribution in [0.25, 0.3) is 0 Å². The van der Waals surface area contributed by atoms with Crippen LogP contribution in [0.5, 0.6) is 0 Å². The quantitative estimate of drug-likeness (QED) is 0.833. The van der Waals surface area contributed by atoms with Gasteiger partial charge in [0.15, 0.2) is 0 Å². The lowest BCUT2D eigenvalue weighted by molar-refractivity contribution is -0.117. The largest absolute Gasteiger partial charge is 0.320 e. The number of nitriles is 1. The smallest absolute Gasteiger partial charge is 0.241 e. The summed E-state index contributed by atoms with van der Waals surface area (Å²) in [5.41, 5.74) is 7.51. The molecule has 0 spiro atoms. The lowest BCUT2D eigenvalue weighted by atomic mass is 10.1. The van der Waals surface area contributed by atoms with Crippen LogP contribution in [-0.2, 0) is 17.6 Å². The molecule has 19 heavy (non-hydrogen) atoms. The second kappa shape index (κ2) is 6.18. The number of rotatable bonds is 3. The minimum Gasteiger partial charge on any atom is -0.320 e. The van der Waals surface area contributed by atoms with Gasteiger partial charge < -0.3 is 11.1 Å². The molecule has 0 saturated heterocycles. The zero-order valence-electron chi connectivity index (χ0n) is 11.2. The number of thiophene rings is 1. The Morgan fingerprint density at radius 3 is 2.89 bits per heavy atom. The van der Waals surface area contributed by atoms with Gasteiger partial charge >= 0.3 is 0 Å². The third-order valence-electron chi connectivity index (χ3n) is 3.55. The van der Waals surface area contributed by atoms with Crippen LogP contribution in [0.3, 0.4) is 0 Å². The first-order valence-corrected chi connectivity index (χ1v) is 7.60. The first kappa shape index (κ1) is 14.0. The van der Waals surface area contributed by atoms with E-state index >= 15 is 0 Å². The van der Waals surface area contributed by atoms with Crippen molar-refractivity contribution >= 4 is 22.2 Å². The Hall–Kier alpha value is -1.38. The summed E-state index contributed by atoms with van der Waals surface area (Å²) in [5, 5.41) is 12.8. The number of carbonyl (C=O) groups is 1. The number of anilines is 1. The van der Waals surface area contributed by atoms with E-state index in [2.05, 4.69) is 11.4 Å². The first-order valence-electron chi connectivity index (χ1n) is 6.78. The summed E-state index contributed by atoms with van der Waals surface area (Å²) in [6, 6.07) is 1.74. The SMILES string of the molecule is CC[C@@H](N)C(=O)Nc1sc2c(c1C#N)CCCCC2. The van der Waals surface area contributed by atoms with Gasteiger partial charge in [0.1, 0.15) is 11.1 Å². The van der Waals surface area contributed by atoms with Crippen LogP contribution in [0.2, 0.25) is 0 Å². The third kappa shape index (κ3) is 2.96. The monoisotopic (exact) mass is 277 g/mol. The number of nitrogens with one attached hydrogen (secondary N) is 1. The maximum absolute atomic E-state index is 11.9. The van der Waals surface area contributed by atoms with Crippen molar-refractivity contribution in [2.75, 3.05) is 5.32 Å². The zero-order chi connectivity index (χ0) is 13.8. The highest BCUT2D eigenvalue weighted by atomic mass is 32.1. The summed E-state index contributed by atoms with van der Waals surface area (Å²) in [4.78, 5) is 13.1. The van der Waals surface area contributed by atoms with E-state index < -0.39 is 6.04 Å². The summed E-state index contributed by atoms with van der Waals surface area (Å²) in [6.07, 6.45) is 6.07. The van der Waals surface area contributed by atoms with Crippen molar-refractivity contribution < 1.29 is 4.79 Å². The average Bonchev–Trinajstić information content (AvgIpc) is 2.59. The highest BCUT2D eigenvalue weighted by Crippen LogP contribution is 2.36. The number of amides is 1. The number of nitrogens with zero attached hydrogens (tertiary/aromatic N) is 1. The minimum atomic E-state index is -0.506. The van der Waals surface area contributed by atoms with Gasteiger partial charge in [-0.15, -0.1) is 11.3 Å². The average molecular weight is 277 g/mol. The fraction of sp³-hybridized carbons (Fsp3) is 0.571. The van der Waals surface area contributed by atoms with Gasteiger partial charge in [-0.2, -0.15) is 5.26 Å². The normalized spacial score (nSPS) is 16.1. The fourth-order valence-electron chi connectivity index (χ4n) is 2.34. The molecule has 102 valence electrons. The number of nitrogens with two attached hydrogens (primary N) is 1. The molecule has 1 aliphatic carbocycles. The highest BCUT2D eigenvalue weighted by Gasteiger charge is 2.22. The van der Waals surface area contributed by atoms with Crippen molar-refractivity contribution in [3.63, 3.8) is 0 Å². The van der Waals surface area contributed by atoms with Gasteiger partial charge in [-0.3, -0.25) is 4.79 Å². The Morgan fingerprint density at radius 1 is 1.47 bits per heavy atom. The first-order chi connectivity index (χ1) is 9.17. The Kier molecular flexibility index (Phi) is 4.56. The molecule has 1 aromatic heterocycles. The van der Waals surface area contributed by atoms with Crippen LogP contribution in [0.15, 0.2) is 0 Å². The van der Waals surface area contributed by atoms with E-state index in [-0.39, 0.29) is 5.91 Å². The second-order valence-electron chi connectivity index (χ2n) is 4.88. The molecule has 0 fully saturated rings. The van der Waals surface area contributed by atoms with Crippen molar-refractivity contribution in [1.29, 1.82) is 5.26 Å². The molecular formula is C14H19N3OS. The van der Waals surface area contributed by atoms with Gasteiger partial charge in [0.2, 0.25) is 5.91 Å². The van der Waals surface area contributed by atoms with E-state index in [1.54, 1.807) is 11.3 Å².